The summed E-state index contributed by atoms with van der Waals surface area (Å²) in [7, 11) is 3.19. The van der Waals surface area contributed by atoms with Gasteiger partial charge in [-0.25, -0.2) is 0 Å². The number of carbonyl (C=O) groups is 1. The maximum Gasteiger partial charge on any atom is 0.306 e. The molecule has 1 aliphatic rings. The number of benzene rings is 2. The highest BCUT2D eigenvalue weighted by atomic mass is 79.9. The summed E-state index contributed by atoms with van der Waals surface area (Å²) in [4.78, 5) is 13.6. The van der Waals surface area contributed by atoms with Gasteiger partial charge >= 0.3 is 5.97 Å². The Kier molecular flexibility index (Phi) is 7.32. The van der Waals surface area contributed by atoms with Crippen LogP contribution in [0.1, 0.15) is 30.0 Å². The number of carboxylic acids is 1. The largest absolute Gasteiger partial charge is 0.493 e. The van der Waals surface area contributed by atoms with E-state index in [9.17, 15) is 9.90 Å². The van der Waals surface area contributed by atoms with Gasteiger partial charge < -0.3 is 14.6 Å². The summed E-state index contributed by atoms with van der Waals surface area (Å²) < 4.78 is 11.8. The van der Waals surface area contributed by atoms with Gasteiger partial charge in [-0.2, -0.15) is 0 Å². The van der Waals surface area contributed by atoms with Crippen LogP contribution in [0.2, 0.25) is 10.0 Å². The van der Waals surface area contributed by atoms with E-state index in [1.165, 1.54) is 0 Å². The number of nitrogens with zero attached hydrogens (tertiary/aromatic N) is 1. The molecular formula is C21H22BrCl2NO4. The maximum atomic E-state index is 11.4. The van der Waals surface area contributed by atoms with Gasteiger partial charge in [0, 0.05) is 14.5 Å². The lowest BCUT2D eigenvalue weighted by Crippen LogP contribution is -2.39. The zero-order valence-corrected chi connectivity index (χ0v) is 19.2. The minimum Gasteiger partial charge on any atom is -0.493 e. The molecule has 1 heterocycles. The Morgan fingerprint density at radius 3 is 2.28 bits per heavy atom. The normalized spacial score (nSPS) is 16.4. The van der Waals surface area contributed by atoms with Crippen LogP contribution in [0.4, 0.5) is 0 Å². The van der Waals surface area contributed by atoms with Crippen LogP contribution in [0.5, 0.6) is 11.5 Å². The lowest BCUT2D eigenvalue weighted by molar-refractivity contribution is -0.143. The van der Waals surface area contributed by atoms with E-state index < -0.39 is 5.97 Å². The van der Waals surface area contributed by atoms with Crippen molar-refractivity contribution < 1.29 is 19.4 Å². The highest BCUT2D eigenvalue weighted by Crippen LogP contribution is 2.43. The molecule has 2 aromatic carbocycles. The molecule has 0 bridgehead atoms. The standard InChI is InChI=1S/C21H22BrCl2NO4/c1-28-18-10-15(16(22)11-19(18)29-2)20(14-4-3-13(23)9-17(14)24)25-7-5-12(6-8-25)21(26)27/h3-4,9-12,20H,5-8H2,1-2H3,(H,26,27). The number of likely N-dealkylation sites (tertiary alicyclic amines) is 1. The molecule has 0 saturated carbocycles. The number of ether oxygens (including phenoxy) is 2. The second-order valence-electron chi connectivity index (χ2n) is 6.95. The van der Waals surface area contributed by atoms with Gasteiger partial charge in [0.25, 0.3) is 0 Å². The molecule has 0 aromatic heterocycles. The first kappa shape index (κ1) is 22.2. The van der Waals surface area contributed by atoms with Crippen molar-refractivity contribution in [2.75, 3.05) is 27.3 Å². The molecule has 0 aliphatic carbocycles. The van der Waals surface area contributed by atoms with Gasteiger partial charge in [0.2, 0.25) is 0 Å². The molecule has 29 heavy (non-hydrogen) atoms. The highest BCUT2D eigenvalue weighted by Gasteiger charge is 2.32. The van der Waals surface area contributed by atoms with Gasteiger partial charge in [-0.15, -0.1) is 0 Å². The van der Waals surface area contributed by atoms with E-state index in [4.69, 9.17) is 32.7 Å². The Balaban J connectivity index is 2.08. The average Bonchev–Trinajstić information content (AvgIpc) is 2.70. The molecule has 1 unspecified atom stereocenters. The van der Waals surface area contributed by atoms with Gasteiger partial charge in [0.05, 0.1) is 26.2 Å². The van der Waals surface area contributed by atoms with Crippen molar-refractivity contribution in [3.8, 4) is 11.5 Å². The van der Waals surface area contributed by atoms with Crippen LogP contribution < -0.4 is 9.47 Å². The monoisotopic (exact) mass is 501 g/mol. The van der Waals surface area contributed by atoms with Gasteiger partial charge in [-0.1, -0.05) is 45.2 Å². The molecule has 0 radical (unpaired) electrons. The predicted molar refractivity (Wildman–Crippen MR) is 117 cm³/mol. The topological polar surface area (TPSA) is 59.0 Å². The number of hydrogen-bond donors (Lipinski definition) is 1. The predicted octanol–water partition coefficient (Wildman–Crippen LogP) is 5.66. The van der Waals surface area contributed by atoms with Crippen molar-refractivity contribution in [2.24, 2.45) is 5.92 Å². The molecule has 1 N–H and O–H groups in total. The number of hydrogen-bond acceptors (Lipinski definition) is 4. The van der Waals surface area contributed by atoms with Gasteiger partial charge in [-0.05, 0) is 61.3 Å². The van der Waals surface area contributed by atoms with Crippen LogP contribution in [-0.2, 0) is 4.79 Å². The summed E-state index contributed by atoms with van der Waals surface area (Å²) in [5.74, 6) is 0.175. The Bertz CT molecular complexity index is 900. The quantitative estimate of drug-likeness (QED) is 0.552. The van der Waals surface area contributed by atoms with Crippen molar-refractivity contribution in [3.05, 3.63) is 56.0 Å². The fourth-order valence-corrected chi connectivity index (χ4v) is 4.82. The number of halogens is 3. The molecule has 8 heteroatoms. The lowest BCUT2D eigenvalue weighted by atomic mass is 9.91. The first-order chi connectivity index (χ1) is 13.8. The first-order valence-corrected chi connectivity index (χ1v) is 10.7. The van der Waals surface area contributed by atoms with Crippen LogP contribution >= 0.6 is 39.1 Å². The van der Waals surface area contributed by atoms with Crippen LogP contribution in [0.15, 0.2) is 34.8 Å². The summed E-state index contributed by atoms with van der Waals surface area (Å²) in [5, 5.41) is 10.5. The number of aliphatic carboxylic acids is 1. The maximum absolute atomic E-state index is 11.4. The van der Waals surface area contributed by atoms with Gasteiger partial charge in [-0.3, -0.25) is 9.69 Å². The van der Waals surface area contributed by atoms with E-state index in [1.54, 1.807) is 20.3 Å². The van der Waals surface area contributed by atoms with Crippen molar-refractivity contribution in [3.63, 3.8) is 0 Å². The zero-order valence-electron chi connectivity index (χ0n) is 16.1. The smallest absolute Gasteiger partial charge is 0.306 e. The van der Waals surface area contributed by atoms with Gasteiger partial charge in [0.15, 0.2) is 11.5 Å². The van der Waals surface area contributed by atoms with Gasteiger partial charge in [0.1, 0.15) is 0 Å². The number of rotatable bonds is 6. The molecule has 5 nitrogen and oxygen atoms in total. The van der Waals surface area contributed by atoms with Crippen LogP contribution in [0, 0.1) is 5.92 Å². The van der Waals surface area contributed by atoms with Crippen LogP contribution in [0.25, 0.3) is 0 Å². The summed E-state index contributed by atoms with van der Waals surface area (Å²) in [5.41, 5.74) is 1.86. The van der Waals surface area contributed by atoms with E-state index in [0.717, 1.165) is 15.6 Å². The number of methoxy groups -OCH3 is 2. The summed E-state index contributed by atoms with van der Waals surface area (Å²) >= 11 is 16.4. The molecule has 1 atom stereocenters. The third kappa shape index (κ3) is 4.82. The first-order valence-electron chi connectivity index (χ1n) is 9.19. The average molecular weight is 503 g/mol. The van der Waals surface area contributed by atoms with Crippen molar-refractivity contribution in [1.82, 2.24) is 4.90 Å². The minimum atomic E-state index is -0.738. The summed E-state index contributed by atoms with van der Waals surface area (Å²) in [6.07, 6.45) is 1.17. The lowest BCUT2D eigenvalue weighted by Gasteiger charge is -2.38. The molecule has 156 valence electrons. The Labute approximate surface area is 188 Å². The zero-order chi connectivity index (χ0) is 21.1. The molecule has 0 amide bonds. The number of carboxylic acid groups (broad SMARTS) is 1. The minimum absolute atomic E-state index is 0.191. The van der Waals surface area contributed by atoms with Crippen molar-refractivity contribution in [2.45, 2.75) is 18.9 Å². The van der Waals surface area contributed by atoms with Crippen molar-refractivity contribution in [1.29, 1.82) is 0 Å². The molecule has 1 saturated heterocycles. The SMILES string of the molecule is COc1cc(Br)c(C(c2ccc(Cl)cc2Cl)N2CCC(C(=O)O)CC2)cc1OC. The fourth-order valence-electron chi connectivity index (χ4n) is 3.77. The molecule has 3 rings (SSSR count). The molecule has 2 aromatic rings. The Hall–Kier alpha value is -1.47. The molecular weight excluding hydrogens is 481 g/mol. The highest BCUT2D eigenvalue weighted by molar-refractivity contribution is 9.10. The second-order valence-corrected chi connectivity index (χ2v) is 8.64. The Morgan fingerprint density at radius 2 is 1.72 bits per heavy atom. The van der Waals surface area contributed by atoms with Crippen LogP contribution in [0.3, 0.4) is 0 Å². The molecule has 0 spiro atoms. The van der Waals surface area contributed by atoms with E-state index in [-0.39, 0.29) is 12.0 Å². The molecule has 1 aliphatic heterocycles. The van der Waals surface area contributed by atoms with E-state index in [2.05, 4.69) is 20.8 Å². The second kappa shape index (κ2) is 9.56. The van der Waals surface area contributed by atoms with E-state index in [0.29, 0.717) is 47.5 Å². The Morgan fingerprint density at radius 1 is 1.10 bits per heavy atom. The summed E-state index contributed by atoms with van der Waals surface area (Å²) in [6.45, 7) is 1.28. The third-order valence-electron chi connectivity index (χ3n) is 5.30. The molecule has 1 fully saturated rings. The van der Waals surface area contributed by atoms with Crippen LogP contribution in [-0.4, -0.2) is 43.3 Å². The van der Waals surface area contributed by atoms with Crippen molar-refractivity contribution >= 4 is 45.1 Å². The third-order valence-corrected chi connectivity index (χ3v) is 6.55. The van der Waals surface area contributed by atoms with E-state index in [1.807, 2.05) is 24.3 Å². The number of piperidine rings is 1. The fraction of sp³-hybridized carbons (Fsp3) is 0.381. The van der Waals surface area contributed by atoms with E-state index >= 15 is 0 Å². The summed E-state index contributed by atoms with van der Waals surface area (Å²) in [6, 6.07) is 9.07.